The lowest BCUT2D eigenvalue weighted by Crippen LogP contribution is -2.01. The Kier molecular flexibility index (Phi) is 4.91. The molecular formula is C43H27N3O. The Balaban J connectivity index is 1.20. The summed E-state index contributed by atoms with van der Waals surface area (Å²) in [5.74, 6) is 1.43. The Bertz CT molecular complexity index is 2950. The van der Waals surface area contributed by atoms with Gasteiger partial charge in [0.2, 0.25) is 0 Å². The average Bonchev–Trinajstić information content (AvgIpc) is 3.63. The van der Waals surface area contributed by atoms with Crippen molar-refractivity contribution in [3.05, 3.63) is 164 Å². The van der Waals surface area contributed by atoms with Crippen molar-refractivity contribution in [2.45, 2.75) is 0 Å². The van der Waals surface area contributed by atoms with Crippen LogP contribution >= 0.6 is 0 Å². The van der Waals surface area contributed by atoms with E-state index in [-0.39, 0.29) is 51.7 Å². The highest BCUT2D eigenvalue weighted by molar-refractivity contribution is 6.06. The van der Waals surface area contributed by atoms with Crippen LogP contribution in [0.5, 0.6) is 0 Å². The summed E-state index contributed by atoms with van der Waals surface area (Å²) in [5.41, 5.74) is 4.87. The van der Waals surface area contributed by atoms with Gasteiger partial charge >= 0.3 is 0 Å². The number of para-hydroxylation sites is 1. The van der Waals surface area contributed by atoms with Crippen molar-refractivity contribution in [2.75, 3.05) is 0 Å². The van der Waals surface area contributed by atoms with E-state index in [1.807, 2.05) is 66.7 Å². The van der Waals surface area contributed by atoms with Gasteiger partial charge in [0.1, 0.15) is 11.2 Å². The van der Waals surface area contributed by atoms with Crippen LogP contribution in [0.25, 0.3) is 89.1 Å². The number of fused-ring (bicyclic) bond motifs is 4. The zero-order valence-electron chi connectivity index (χ0n) is 31.8. The van der Waals surface area contributed by atoms with Gasteiger partial charge in [-0.1, -0.05) is 145 Å². The standard InChI is InChI=1S/C43H27N3O/c1-3-11-29(12-4-1)34-18-9-15-30-16-10-19-37(40(30)34)43-45-41(31-13-5-2-6-14-31)44-42(46-43)32-23-21-28(22-24-32)33-25-26-36-35-17-7-8-20-38(35)47-39(36)27-33/h1-27H/i7D,8D,17D,20D,25D,26D,27D. The van der Waals surface area contributed by atoms with Crippen molar-refractivity contribution in [1.82, 2.24) is 15.0 Å². The van der Waals surface area contributed by atoms with Crippen LogP contribution < -0.4 is 0 Å². The fraction of sp³-hybridized carbons (Fsp3) is 0. The molecule has 0 aliphatic heterocycles. The smallest absolute Gasteiger partial charge is 0.164 e. The number of rotatable bonds is 5. The monoisotopic (exact) mass is 608 g/mol. The minimum absolute atomic E-state index is 0.00755. The van der Waals surface area contributed by atoms with Crippen molar-refractivity contribution >= 4 is 32.7 Å². The van der Waals surface area contributed by atoms with Gasteiger partial charge in [-0.2, -0.15) is 0 Å². The summed E-state index contributed by atoms with van der Waals surface area (Å²) in [7, 11) is 0. The fourth-order valence-electron chi connectivity index (χ4n) is 5.96. The van der Waals surface area contributed by atoms with E-state index in [1.54, 1.807) is 24.3 Å². The SMILES string of the molecule is [2H]c1c([2H])c([2H])c2c(oc3c([2H])c(-c4ccc(-c5nc(-c6ccccc6)nc(-c6cccc7cccc(-c8ccccc8)c67)n5)cc4)c([2H])c([2H])c32)c1[2H]. The van der Waals surface area contributed by atoms with Gasteiger partial charge in [-0.3, -0.25) is 0 Å². The van der Waals surface area contributed by atoms with Gasteiger partial charge in [0.25, 0.3) is 0 Å². The third-order valence-electron chi connectivity index (χ3n) is 8.21. The van der Waals surface area contributed by atoms with Crippen molar-refractivity contribution < 1.29 is 14.0 Å². The highest BCUT2D eigenvalue weighted by Gasteiger charge is 2.17. The third-order valence-corrected chi connectivity index (χ3v) is 8.21. The van der Waals surface area contributed by atoms with Crippen molar-refractivity contribution in [3.8, 4) is 56.4 Å². The normalized spacial score (nSPS) is 13.5. The molecule has 0 spiro atoms. The first-order valence-electron chi connectivity index (χ1n) is 18.6. The van der Waals surface area contributed by atoms with E-state index in [0.717, 1.165) is 33.0 Å². The number of furan rings is 1. The van der Waals surface area contributed by atoms with E-state index in [4.69, 9.17) is 29.0 Å². The first-order valence-corrected chi connectivity index (χ1v) is 15.1. The van der Waals surface area contributed by atoms with Crippen LogP contribution in [0.3, 0.4) is 0 Å². The molecule has 0 radical (unpaired) electrons. The number of hydrogen-bond donors (Lipinski definition) is 0. The highest BCUT2D eigenvalue weighted by atomic mass is 16.3. The molecule has 9 rings (SSSR count). The average molecular weight is 609 g/mol. The Labute approximate surface area is 281 Å². The zero-order chi connectivity index (χ0) is 37.2. The maximum atomic E-state index is 9.06. The molecule has 2 heterocycles. The molecule has 0 aliphatic rings. The van der Waals surface area contributed by atoms with E-state index in [0.29, 0.717) is 28.6 Å². The summed E-state index contributed by atoms with van der Waals surface area (Å²) in [6.07, 6.45) is 0. The molecule has 0 fully saturated rings. The second-order valence-electron chi connectivity index (χ2n) is 11.1. The van der Waals surface area contributed by atoms with Crippen molar-refractivity contribution in [1.29, 1.82) is 0 Å². The first kappa shape index (κ1) is 20.6. The first-order chi connectivity index (χ1) is 26.2. The fourth-order valence-corrected chi connectivity index (χ4v) is 5.96. The summed E-state index contributed by atoms with van der Waals surface area (Å²) >= 11 is 0. The molecule has 7 aromatic carbocycles. The Morgan fingerprint density at radius 2 is 1.02 bits per heavy atom. The molecule has 0 unspecified atom stereocenters. The Morgan fingerprint density at radius 1 is 0.426 bits per heavy atom. The summed E-state index contributed by atoms with van der Waals surface area (Å²) < 4.78 is 65.7. The molecule has 0 atom stereocenters. The minimum Gasteiger partial charge on any atom is -0.456 e. The van der Waals surface area contributed by atoms with E-state index in [2.05, 4.69) is 30.3 Å². The molecule has 0 bridgehead atoms. The predicted molar refractivity (Wildman–Crippen MR) is 192 cm³/mol. The van der Waals surface area contributed by atoms with E-state index < -0.39 is 18.1 Å². The number of aromatic nitrogens is 3. The van der Waals surface area contributed by atoms with Crippen LogP contribution in [0.1, 0.15) is 9.60 Å². The second-order valence-corrected chi connectivity index (χ2v) is 11.1. The largest absolute Gasteiger partial charge is 0.456 e. The van der Waals surface area contributed by atoms with Gasteiger partial charge in [0.15, 0.2) is 17.5 Å². The molecule has 0 amide bonds. The number of nitrogens with zero attached hydrogens (tertiary/aromatic N) is 3. The number of hydrogen-bond acceptors (Lipinski definition) is 4. The lowest BCUT2D eigenvalue weighted by Gasteiger charge is -2.13. The van der Waals surface area contributed by atoms with Gasteiger partial charge in [-0.15, -0.1) is 0 Å². The predicted octanol–water partition coefficient (Wildman–Crippen LogP) is 11.3. The summed E-state index contributed by atoms with van der Waals surface area (Å²) in [5, 5.41) is 2.07. The lowest BCUT2D eigenvalue weighted by molar-refractivity contribution is 0.669. The third kappa shape index (κ3) is 4.84. The van der Waals surface area contributed by atoms with Gasteiger partial charge in [0.05, 0.1) is 9.60 Å². The van der Waals surface area contributed by atoms with Gasteiger partial charge in [-0.25, -0.2) is 15.0 Å². The summed E-state index contributed by atoms with van der Waals surface area (Å²) in [4.78, 5) is 14.9. The van der Waals surface area contributed by atoms with Crippen LogP contribution in [0.4, 0.5) is 0 Å². The topological polar surface area (TPSA) is 51.8 Å². The summed E-state index contributed by atoms with van der Waals surface area (Å²) in [6, 6.07) is 36.8. The lowest BCUT2D eigenvalue weighted by atomic mass is 9.94. The quantitative estimate of drug-likeness (QED) is 0.195. The molecule has 0 saturated heterocycles. The molecule has 0 N–H and O–H groups in total. The van der Waals surface area contributed by atoms with Crippen LogP contribution in [0.2, 0.25) is 0 Å². The molecule has 4 heteroatoms. The Hall–Kier alpha value is -6.39. The van der Waals surface area contributed by atoms with Crippen LogP contribution in [-0.4, -0.2) is 15.0 Å². The molecule has 2 aromatic heterocycles. The van der Waals surface area contributed by atoms with Crippen molar-refractivity contribution in [3.63, 3.8) is 0 Å². The van der Waals surface area contributed by atoms with Crippen molar-refractivity contribution in [2.24, 2.45) is 0 Å². The van der Waals surface area contributed by atoms with Crippen LogP contribution in [-0.2, 0) is 0 Å². The van der Waals surface area contributed by atoms with Gasteiger partial charge < -0.3 is 4.42 Å². The molecule has 0 saturated carbocycles. The second kappa shape index (κ2) is 11.2. The van der Waals surface area contributed by atoms with Crippen LogP contribution in [0.15, 0.2) is 168 Å². The van der Waals surface area contributed by atoms with Gasteiger partial charge in [0, 0.05) is 32.8 Å². The highest BCUT2D eigenvalue weighted by Crippen LogP contribution is 2.37. The molecule has 47 heavy (non-hydrogen) atoms. The van der Waals surface area contributed by atoms with E-state index in [1.165, 1.54) is 0 Å². The van der Waals surface area contributed by atoms with E-state index in [9.17, 15) is 0 Å². The van der Waals surface area contributed by atoms with E-state index >= 15 is 0 Å². The maximum absolute atomic E-state index is 9.06. The molecule has 9 aromatic rings. The summed E-state index contributed by atoms with van der Waals surface area (Å²) in [6.45, 7) is 0. The molecule has 4 nitrogen and oxygen atoms in total. The minimum atomic E-state index is -0.472. The van der Waals surface area contributed by atoms with Gasteiger partial charge in [-0.05, 0) is 45.8 Å². The zero-order valence-corrected chi connectivity index (χ0v) is 24.8. The Morgan fingerprint density at radius 3 is 1.77 bits per heavy atom. The molecule has 220 valence electrons. The molecule has 0 aliphatic carbocycles. The number of benzene rings is 7. The maximum Gasteiger partial charge on any atom is 0.164 e. The van der Waals surface area contributed by atoms with Crippen LogP contribution in [0, 0.1) is 0 Å². The molecular weight excluding hydrogens is 574 g/mol.